The van der Waals surface area contributed by atoms with E-state index in [4.69, 9.17) is 5.26 Å². The van der Waals surface area contributed by atoms with Crippen molar-refractivity contribution in [3.63, 3.8) is 0 Å². The second kappa shape index (κ2) is 3.79. The molecule has 0 N–H and O–H groups in total. The van der Waals surface area contributed by atoms with Crippen molar-refractivity contribution in [2.45, 2.75) is 0 Å². The highest BCUT2D eigenvalue weighted by atomic mass is 127. The second-order valence-electron chi connectivity index (χ2n) is 2.59. The number of fused-ring (bicyclic) bond motifs is 1. The molecule has 0 saturated heterocycles. The maximum atomic E-state index is 8.96. The Morgan fingerprint density at radius 2 is 2.21 bits per heavy atom. The first-order valence-electron chi connectivity index (χ1n) is 3.73. The Kier molecular flexibility index (Phi) is 2.65. The number of hydrogen-bond acceptors (Lipinski definition) is 3. The zero-order valence-corrected chi connectivity index (χ0v) is 10.6. The number of nitrogens with zero attached hydrogens (tertiary/aromatic N) is 3. The predicted molar refractivity (Wildman–Crippen MR) is 64.7 cm³/mol. The lowest BCUT2D eigenvalue weighted by Gasteiger charge is -2.00. The maximum absolute atomic E-state index is 8.96. The molecule has 3 nitrogen and oxygen atoms in total. The van der Waals surface area contributed by atoms with Crippen molar-refractivity contribution < 1.29 is 0 Å². The van der Waals surface area contributed by atoms with Crippen LogP contribution in [-0.2, 0) is 0 Å². The molecule has 0 aliphatic heterocycles. The third-order valence-corrected chi connectivity index (χ3v) is 2.93. The van der Waals surface area contributed by atoms with Gasteiger partial charge in [-0.25, -0.2) is 4.98 Å². The van der Waals surface area contributed by atoms with Crippen molar-refractivity contribution in [1.82, 2.24) is 9.97 Å². The largest absolute Gasteiger partial charge is 0.252 e. The molecule has 14 heavy (non-hydrogen) atoms. The Morgan fingerprint density at radius 1 is 1.43 bits per heavy atom. The minimum absolute atomic E-state index is 0.536. The summed E-state index contributed by atoms with van der Waals surface area (Å²) in [5.74, 6) is 0. The Hall–Kier alpha value is -0.740. The highest BCUT2D eigenvalue weighted by molar-refractivity contribution is 14.1. The lowest BCUT2D eigenvalue weighted by atomic mass is 10.2. The summed E-state index contributed by atoms with van der Waals surface area (Å²) in [5, 5.41) is 8.96. The zero-order valence-electron chi connectivity index (χ0n) is 6.83. The van der Waals surface area contributed by atoms with Crippen LogP contribution in [0.15, 0.2) is 22.8 Å². The van der Waals surface area contributed by atoms with E-state index < -0.39 is 0 Å². The summed E-state index contributed by atoms with van der Waals surface area (Å²) in [6, 6.07) is 5.76. The molecule has 0 fully saturated rings. The lowest BCUT2D eigenvalue weighted by Crippen LogP contribution is -1.91. The SMILES string of the molecule is N#Cc1c(Br)ccc2ncc(I)nc12. The van der Waals surface area contributed by atoms with Gasteiger partial charge >= 0.3 is 0 Å². The van der Waals surface area contributed by atoms with E-state index in [0.29, 0.717) is 11.1 Å². The number of hydrogen-bond donors (Lipinski definition) is 0. The van der Waals surface area contributed by atoms with Crippen molar-refractivity contribution in [2.75, 3.05) is 0 Å². The quantitative estimate of drug-likeness (QED) is 0.679. The number of aromatic nitrogens is 2. The maximum Gasteiger partial charge on any atom is 0.120 e. The van der Waals surface area contributed by atoms with Crippen molar-refractivity contribution in [2.24, 2.45) is 0 Å². The smallest absolute Gasteiger partial charge is 0.120 e. The number of nitriles is 1. The van der Waals surface area contributed by atoms with Crippen molar-refractivity contribution in [3.05, 3.63) is 32.1 Å². The monoisotopic (exact) mass is 359 g/mol. The summed E-state index contributed by atoms with van der Waals surface area (Å²) in [4.78, 5) is 8.47. The summed E-state index contributed by atoms with van der Waals surface area (Å²) in [6.45, 7) is 0. The fourth-order valence-electron chi connectivity index (χ4n) is 1.14. The van der Waals surface area contributed by atoms with Gasteiger partial charge in [0.2, 0.25) is 0 Å². The topological polar surface area (TPSA) is 49.6 Å². The average Bonchev–Trinajstić information content (AvgIpc) is 2.17. The van der Waals surface area contributed by atoms with Gasteiger partial charge in [0, 0.05) is 4.47 Å². The van der Waals surface area contributed by atoms with E-state index in [1.807, 2.05) is 12.1 Å². The van der Waals surface area contributed by atoms with Gasteiger partial charge in [-0.2, -0.15) is 5.26 Å². The van der Waals surface area contributed by atoms with Crippen LogP contribution in [0.2, 0.25) is 0 Å². The van der Waals surface area contributed by atoms with Crippen LogP contribution in [0.3, 0.4) is 0 Å². The van der Waals surface area contributed by atoms with Crippen molar-refractivity contribution in [3.8, 4) is 6.07 Å². The van der Waals surface area contributed by atoms with Crippen LogP contribution in [0, 0.1) is 15.0 Å². The van der Waals surface area contributed by atoms with E-state index in [-0.39, 0.29) is 0 Å². The van der Waals surface area contributed by atoms with Gasteiger partial charge in [-0.1, -0.05) is 0 Å². The van der Waals surface area contributed by atoms with E-state index in [1.54, 1.807) is 6.20 Å². The summed E-state index contributed by atoms with van der Waals surface area (Å²) < 4.78 is 1.54. The number of benzene rings is 1. The second-order valence-corrected chi connectivity index (χ2v) is 4.55. The third kappa shape index (κ3) is 1.60. The van der Waals surface area contributed by atoms with Gasteiger partial charge in [-0.15, -0.1) is 0 Å². The van der Waals surface area contributed by atoms with E-state index in [9.17, 15) is 0 Å². The normalized spacial score (nSPS) is 10.1. The van der Waals surface area contributed by atoms with E-state index >= 15 is 0 Å². The molecule has 0 aliphatic carbocycles. The fraction of sp³-hybridized carbons (Fsp3) is 0. The van der Waals surface area contributed by atoms with Crippen molar-refractivity contribution >= 4 is 49.6 Å². The molecule has 0 atom stereocenters. The molecule has 0 unspecified atom stereocenters. The van der Waals surface area contributed by atoms with E-state index in [0.717, 1.165) is 13.7 Å². The number of rotatable bonds is 0. The molecule has 2 aromatic rings. The molecule has 1 aromatic carbocycles. The molecule has 1 aromatic heterocycles. The van der Waals surface area contributed by atoms with Crippen LogP contribution >= 0.6 is 38.5 Å². The van der Waals surface area contributed by atoms with Gasteiger partial charge in [-0.05, 0) is 50.7 Å². The Labute approximate surface area is 102 Å². The molecule has 0 aliphatic rings. The molecule has 0 amide bonds. The molecule has 0 spiro atoms. The molecule has 1 heterocycles. The number of halogens is 2. The summed E-state index contributed by atoms with van der Waals surface area (Å²) in [7, 11) is 0. The molecular weight excluding hydrogens is 357 g/mol. The summed E-state index contributed by atoms with van der Waals surface area (Å²) in [5.41, 5.74) is 1.92. The van der Waals surface area contributed by atoms with Gasteiger partial charge < -0.3 is 0 Å². The first kappa shape index (κ1) is 9.80. The Bertz CT molecular complexity index is 542. The minimum atomic E-state index is 0.536. The molecule has 5 heteroatoms. The molecule has 68 valence electrons. The van der Waals surface area contributed by atoms with Gasteiger partial charge in [0.25, 0.3) is 0 Å². The van der Waals surface area contributed by atoms with Crippen LogP contribution in [0.5, 0.6) is 0 Å². The van der Waals surface area contributed by atoms with Crippen LogP contribution < -0.4 is 0 Å². The molecule has 0 radical (unpaired) electrons. The Morgan fingerprint density at radius 3 is 2.93 bits per heavy atom. The van der Waals surface area contributed by atoms with Gasteiger partial charge in [0.05, 0.1) is 17.3 Å². The highest BCUT2D eigenvalue weighted by Gasteiger charge is 2.07. The molecular formula is C9H3BrIN3. The fourth-order valence-corrected chi connectivity index (χ4v) is 1.93. The van der Waals surface area contributed by atoms with E-state index in [1.165, 1.54) is 0 Å². The minimum Gasteiger partial charge on any atom is -0.252 e. The first-order valence-corrected chi connectivity index (χ1v) is 5.60. The predicted octanol–water partition coefficient (Wildman–Crippen LogP) is 2.87. The molecule has 0 saturated carbocycles. The van der Waals surface area contributed by atoms with E-state index in [2.05, 4.69) is 54.6 Å². The molecule has 0 bridgehead atoms. The summed E-state index contributed by atoms with van der Waals surface area (Å²) in [6.07, 6.45) is 1.68. The average molecular weight is 360 g/mol. The van der Waals surface area contributed by atoms with Crippen LogP contribution in [0.25, 0.3) is 11.0 Å². The van der Waals surface area contributed by atoms with Gasteiger partial charge in [0.1, 0.15) is 15.3 Å². The Balaban J connectivity index is 2.93. The standard InChI is InChI=1S/C9H3BrIN3/c10-6-1-2-7-9(5(6)3-12)14-8(11)4-13-7/h1-2,4H. The van der Waals surface area contributed by atoms with Gasteiger partial charge in [0.15, 0.2) is 0 Å². The lowest BCUT2D eigenvalue weighted by molar-refractivity contribution is 1.24. The van der Waals surface area contributed by atoms with Crippen LogP contribution in [-0.4, -0.2) is 9.97 Å². The van der Waals surface area contributed by atoms with Crippen molar-refractivity contribution in [1.29, 1.82) is 5.26 Å². The first-order chi connectivity index (χ1) is 6.72. The highest BCUT2D eigenvalue weighted by Crippen LogP contribution is 2.23. The van der Waals surface area contributed by atoms with Crippen LogP contribution in [0.1, 0.15) is 5.56 Å². The van der Waals surface area contributed by atoms with Crippen LogP contribution in [0.4, 0.5) is 0 Å². The van der Waals surface area contributed by atoms with Gasteiger partial charge in [-0.3, -0.25) is 4.98 Å². The summed E-state index contributed by atoms with van der Waals surface area (Å²) >= 11 is 5.38. The molecule has 2 rings (SSSR count). The zero-order chi connectivity index (χ0) is 10.1. The third-order valence-electron chi connectivity index (χ3n) is 1.75.